The van der Waals surface area contributed by atoms with Crippen molar-refractivity contribution < 1.29 is 15.0 Å². The van der Waals surface area contributed by atoms with E-state index in [0.29, 0.717) is 3.97 Å². The molecule has 1 aromatic carbocycles. The fourth-order valence-corrected chi connectivity index (χ4v) is 5.43. The normalized spacial score (nSPS) is 22.8. The first-order chi connectivity index (χ1) is 8.59. The molecule has 1 aliphatic rings. The summed E-state index contributed by atoms with van der Waals surface area (Å²) in [7, 11) is 0. The van der Waals surface area contributed by atoms with Gasteiger partial charge in [0.2, 0.25) is 0 Å². The molecule has 4 heteroatoms. The number of aliphatic hydroxyl groups is 1. The van der Waals surface area contributed by atoms with Gasteiger partial charge in [-0.15, -0.1) is 0 Å². The Hall–Kier alpha value is -0.560. The Morgan fingerprint density at radius 1 is 1.22 bits per heavy atom. The number of aliphatic hydroxyl groups excluding tert-OH is 1. The Balaban J connectivity index is 0.000000357. The molecule has 0 saturated heterocycles. The van der Waals surface area contributed by atoms with Crippen LogP contribution < -0.4 is 3.61 Å². The van der Waals surface area contributed by atoms with Crippen LogP contribution in [0.25, 0.3) is 0 Å². The molecule has 0 radical (unpaired) electrons. The van der Waals surface area contributed by atoms with Crippen LogP contribution in [-0.4, -0.2) is 43.2 Å². The number of carbonyl (C=O) groups is 1. The predicted molar refractivity (Wildman–Crippen MR) is 73.4 cm³/mol. The van der Waals surface area contributed by atoms with Crippen molar-refractivity contribution in [3.63, 3.8) is 0 Å². The van der Waals surface area contributed by atoms with Crippen LogP contribution in [0.1, 0.15) is 32.6 Å². The van der Waals surface area contributed by atoms with Crippen molar-refractivity contribution in [1.82, 2.24) is 0 Å². The number of benzene rings is 1. The molecule has 0 amide bonds. The van der Waals surface area contributed by atoms with Crippen LogP contribution in [0.3, 0.4) is 0 Å². The van der Waals surface area contributed by atoms with E-state index in [1.165, 1.54) is 22.9 Å². The van der Waals surface area contributed by atoms with Crippen LogP contribution in [0.15, 0.2) is 30.3 Å². The number of hydrogen-bond acceptors (Lipinski definition) is 2. The Labute approximate surface area is 118 Å². The van der Waals surface area contributed by atoms with Crippen LogP contribution in [0.2, 0.25) is 3.97 Å². The van der Waals surface area contributed by atoms with Crippen molar-refractivity contribution in [2.24, 2.45) is 0 Å². The van der Waals surface area contributed by atoms with E-state index in [0.717, 1.165) is 13.3 Å². The van der Waals surface area contributed by atoms with Crippen molar-refractivity contribution in [3.05, 3.63) is 30.3 Å². The van der Waals surface area contributed by atoms with Gasteiger partial charge in [-0.2, -0.15) is 0 Å². The van der Waals surface area contributed by atoms with E-state index in [1.54, 1.807) is 0 Å². The third kappa shape index (κ3) is 6.39. The first-order valence-electron chi connectivity index (χ1n) is 6.19. The van der Waals surface area contributed by atoms with E-state index < -0.39 is 5.97 Å². The molecule has 0 spiro atoms. The van der Waals surface area contributed by atoms with Crippen LogP contribution >= 0.6 is 0 Å². The first kappa shape index (κ1) is 15.5. The van der Waals surface area contributed by atoms with Crippen LogP contribution in [0.4, 0.5) is 0 Å². The van der Waals surface area contributed by atoms with Gasteiger partial charge in [0, 0.05) is 6.92 Å². The minimum absolute atomic E-state index is 0.00800. The monoisotopic (exact) mass is 366 g/mol. The summed E-state index contributed by atoms with van der Waals surface area (Å²) < 4.78 is 2.11. The van der Waals surface area contributed by atoms with Crippen molar-refractivity contribution in [3.8, 4) is 0 Å². The van der Waals surface area contributed by atoms with E-state index in [1.807, 2.05) is 0 Å². The summed E-state index contributed by atoms with van der Waals surface area (Å²) in [6, 6.07) is 10.7. The van der Waals surface area contributed by atoms with Gasteiger partial charge in [0.05, 0.1) is 0 Å². The molecule has 2 rings (SSSR count). The minimum atomic E-state index is -0.833. The quantitative estimate of drug-likeness (QED) is 0.788. The second-order valence-corrected chi connectivity index (χ2v) is 8.09. The molecule has 1 aliphatic carbocycles. The van der Waals surface area contributed by atoms with Crippen molar-refractivity contribution in [2.75, 3.05) is 0 Å². The van der Waals surface area contributed by atoms with Gasteiger partial charge in [-0.05, 0) is 0 Å². The van der Waals surface area contributed by atoms with E-state index in [-0.39, 0.29) is 27.0 Å². The van der Waals surface area contributed by atoms with Gasteiger partial charge in [-0.3, -0.25) is 4.79 Å². The van der Waals surface area contributed by atoms with Gasteiger partial charge in [-0.1, -0.05) is 0 Å². The Bertz CT molecular complexity index is 349. The number of rotatable bonds is 2. The summed E-state index contributed by atoms with van der Waals surface area (Å²) in [6.07, 6.45) is 4.81. The summed E-state index contributed by atoms with van der Waals surface area (Å²) >= 11 is -0.172. The fourth-order valence-electron chi connectivity index (χ4n) is 1.89. The van der Waals surface area contributed by atoms with Crippen molar-refractivity contribution in [2.45, 2.75) is 42.7 Å². The van der Waals surface area contributed by atoms with Gasteiger partial charge in [0.15, 0.2) is 0 Å². The molecule has 1 fully saturated rings. The zero-order valence-electron chi connectivity index (χ0n) is 10.6. The molecule has 3 nitrogen and oxygen atoms in total. The number of aliphatic carboxylic acids is 1. The van der Waals surface area contributed by atoms with E-state index >= 15 is 0 Å². The van der Waals surface area contributed by atoms with Crippen LogP contribution in [-0.2, 0) is 4.79 Å². The maximum absolute atomic E-state index is 9.86. The molecule has 1 aromatic rings. The molecule has 2 unspecified atom stereocenters. The third-order valence-corrected chi connectivity index (χ3v) is 6.69. The second kappa shape index (κ2) is 8.53. The number of carboxylic acids is 1. The average molecular weight is 364 g/mol. The molecule has 0 aromatic heterocycles. The molecule has 1 saturated carbocycles. The average Bonchev–Trinajstić information content (AvgIpc) is 2.33. The first-order valence-corrected chi connectivity index (χ1v) is 8.70. The molecular weight excluding hydrogens is 344 g/mol. The van der Waals surface area contributed by atoms with Gasteiger partial charge in [0.25, 0.3) is 5.97 Å². The molecule has 2 N–H and O–H groups in total. The maximum atomic E-state index is 9.86. The third-order valence-electron chi connectivity index (χ3n) is 2.70. The molecule has 0 bridgehead atoms. The van der Waals surface area contributed by atoms with E-state index in [2.05, 4.69) is 30.3 Å². The standard InChI is InChI=1S/C12H16OTe.C2H4O2/c13-11-8-4-5-9-12(11)14-10-6-2-1-3-7-10;1-2(3)4/h1-3,6-7,11-13H,4-5,8-9H2;1H3,(H,3,4). The van der Waals surface area contributed by atoms with Gasteiger partial charge in [-0.25, -0.2) is 0 Å². The summed E-state index contributed by atoms with van der Waals surface area (Å²) in [5, 5.41) is 17.3. The molecule has 0 heterocycles. The number of hydrogen-bond donors (Lipinski definition) is 2. The molecule has 0 aliphatic heterocycles. The topological polar surface area (TPSA) is 57.5 Å². The zero-order valence-corrected chi connectivity index (χ0v) is 12.9. The number of carboxylic acid groups (broad SMARTS) is 1. The van der Waals surface area contributed by atoms with Gasteiger partial charge in [0.1, 0.15) is 0 Å². The second-order valence-electron chi connectivity index (χ2n) is 4.34. The SMILES string of the molecule is CC(=O)O.OC1CCCCC1[Te]c1ccccc1. The van der Waals surface area contributed by atoms with Crippen LogP contribution in [0, 0.1) is 0 Å². The molecule has 18 heavy (non-hydrogen) atoms. The Morgan fingerprint density at radius 3 is 2.33 bits per heavy atom. The molecular formula is C14H20O3Te. The molecule has 2 atom stereocenters. The van der Waals surface area contributed by atoms with E-state index in [9.17, 15) is 5.11 Å². The van der Waals surface area contributed by atoms with E-state index in [4.69, 9.17) is 9.90 Å². The van der Waals surface area contributed by atoms with Crippen molar-refractivity contribution in [1.29, 1.82) is 0 Å². The van der Waals surface area contributed by atoms with Gasteiger partial charge >= 0.3 is 95.7 Å². The fraction of sp³-hybridized carbons (Fsp3) is 0.500. The van der Waals surface area contributed by atoms with Crippen LogP contribution in [0.5, 0.6) is 0 Å². The summed E-state index contributed by atoms with van der Waals surface area (Å²) in [5.74, 6) is -0.833. The summed E-state index contributed by atoms with van der Waals surface area (Å²) in [5.41, 5.74) is 0. The van der Waals surface area contributed by atoms with Crippen molar-refractivity contribution >= 4 is 30.5 Å². The summed E-state index contributed by atoms with van der Waals surface area (Å²) in [4.78, 5) is 9.00. The molecule has 100 valence electrons. The Kier molecular flexibility index (Phi) is 7.34. The zero-order chi connectivity index (χ0) is 13.4. The van der Waals surface area contributed by atoms with Gasteiger partial charge < -0.3 is 5.11 Å². The Morgan fingerprint density at radius 2 is 1.78 bits per heavy atom. The summed E-state index contributed by atoms with van der Waals surface area (Å²) in [6.45, 7) is 1.08. The predicted octanol–water partition coefficient (Wildman–Crippen LogP) is 1.83.